The van der Waals surface area contributed by atoms with Crippen LogP contribution >= 0.6 is 15.9 Å². The maximum Gasteiger partial charge on any atom is 0.336 e. The largest absolute Gasteiger partial charge is 0.478 e. The maximum absolute atomic E-state index is 11.1. The zero-order valence-corrected chi connectivity index (χ0v) is 9.94. The molecule has 0 amide bonds. The van der Waals surface area contributed by atoms with Gasteiger partial charge < -0.3 is 5.11 Å². The van der Waals surface area contributed by atoms with Crippen LogP contribution in [-0.4, -0.2) is 11.1 Å². The van der Waals surface area contributed by atoms with E-state index in [1.165, 1.54) is 0 Å². The summed E-state index contributed by atoms with van der Waals surface area (Å²) in [6.45, 7) is 0. The summed E-state index contributed by atoms with van der Waals surface area (Å²) >= 11 is 3.39. The summed E-state index contributed by atoms with van der Waals surface area (Å²) in [5.74, 6) is -0.917. The SMILES string of the molecule is O=C(O)c1cccc(Br)c1-c1ccccc1. The Morgan fingerprint density at radius 3 is 2.31 bits per heavy atom. The molecule has 1 N–H and O–H groups in total. The molecule has 0 spiro atoms. The maximum atomic E-state index is 11.1. The monoisotopic (exact) mass is 276 g/mol. The number of hydrogen-bond donors (Lipinski definition) is 1. The summed E-state index contributed by atoms with van der Waals surface area (Å²) in [6, 6.07) is 14.6. The molecule has 0 aromatic heterocycles. The van der Waals surface area contributed by atoms with E-state index in [1.807, 2.05) is 36.4 Å². The first kappa shape index (κ1) is 10.9. The fraction of sp³-hybridized carbons (Fsp3) is 0. The summed E-state index contributed by atoms with van der Waals surface area (Å²) in [7, 11) is 0. The molecule has 80 valence electrons. The normalized spacial score (nSPS) is 10.1. The predicted molar refractivity (Wildman–Crippen MR) is 66.5 cm³/mol. The van der Waals surface area contributed by atoms with E-state index in [1.54, 1.807) is 12.1 Å². The minimum absolute atomic E-state index is 0.306. The van der Waals surface area contributed by atoms with Crippen molar-refractivity contribution in [1.82, 2.24) is 0 Å². The van der Waals surface area contributed by atoms with Crippen molar-refractivity contribution in [3.8, 4) is 11.1 Å². The van der Waals surface area contributed by atoms with E-state index in [-0.39, 0.29) is 0 Å². The Morgan fingerprint density at radius 2 is 1.69 bits per heavy atom. The van der Waals surface area contributed by atoms with Gasteiger partial charge in [-0.25, -0.2) is 4.79 Å². The number of carboxylic acid groups (broad SMARTS) is 1. The Labute approximate surface area is 102 Å². The molecule has 0 unspecified atom stereocenters. The third-order valence-corrected chi connectivity index (χ3v) is 2.97. The molecule has 0 bridgehead atoms. The van der Waals surface area contributed by atoms with Crippen molar-refractivity contribution in [3.05, 3.63) is 58.6 Å². The van der Waals surface area contributed by atoms with E-state index < -0.39 is 5.97 Å². The standard InChI is InChI=1S/C13H9BrO2/c14-11-8-4-7-10(13(15)16)12(11)9-5-2-1-3-6-9/h1-8H,(H,15,16). The Kier molecular flexibility index (Phi) is 3.06. The third-order valence-electron chi connectivity index (χ3n) is 2.31. The summed E-state index contributed by atoms with van der Waals surface area (Å²) < 4.78 is 0.790. The third kappa shape index (κ3) is 1.99. The second kappa shape index (κ2) is 4.49. The molecule has 3 heteroatoms. The smallest absolute Gasteiger partial charge is 0.336 e. The average molecular weight is 277 g/mol. The van der Waals surface area contributed by atoms with Crippen LogP contribution in [0.4, 0.5) is 0 Å². The first-order valence-electron chi connectivity index (χ1n) is 4.77. The Bertz CT molecular complexity index is 521. The van der Waals surface area contributed by atoms with Crippen LogP contribution in [0.25, 0.3) is 11.1 Å². The Hall–Kier alpha value is -1.61. The van der Waals surface area contributed by atoms with E-state index in [9.17, 15) is 4.79 Å². The van der Waals surface area contributed by atoms with Crippen LogP contribution < -0.4 is 0 Å². The van der Waals surface area contributed by atoms with Crippen molar-refractivity contribution in [2.45, 2.75) is 0 Å². The van der Waals surface area contributed by atoms with Gasteiger partial charge in [0.2, 0.25) is 0 Å². The molecule has 0 fully saturated rings. The summed E-state index contributed by atoms with van der Waals surface area (Å²) in [5.41, 5.74) is 1.92. The molecule has 2 aromatic rings. The van der Waals surface area contributed by atoms with Gasteiger partial charge >= 0.3 is 5.97 Å². The second-order valence-corrected chi connectivity index (χ2v) is 4.19. The molecule has 0 heterocycles. The number of hydrogen-bond acceptors (Lipinski definition) is 1. The van der Waals surface area contributed by atoms with Crippen molar-refractivity contribution >= 4 is 21.9 Å². The zero-order valence-electron chi connectivity index (χ0n) is 8.35. The van der Waals surface area contributed by atoms with Gasteiger partial charge in [0.05, 0.1) is 5.56 Å². The van der Waals surface area contributed by atoms with Crippen LogP contribution in [0.1, 0.15) is 10.4 Å². The molecule has 2 rings (SSSR count). The lowest BCUT2D eigenvalue weighted by atomic mass is 10.00. The second-order valence-electron chi connectivity index (χ2n) is 3.33. The van der Waals surface area contributed by atoms with E-state index in [0.717, 1.165) is 15.6 Å². The molecule has 0 aliphatic rings. The highest BCUT2D eigenvalue weighted by Crippen LogP contribution is 2.31. The Balaban J connectivity index is 2.68. The Morgan fingerprint density at radius 1 is 1.00 bits per heavy atom. The lowest BCUT2D eigenvalue weighted by Crippen LogP contribution is -1.99. The predicted octanol–water partition coefficient (Wildman–Crippen LogP) is 3.81. The topological polar surface area (TPSA) is 37.3 Å². The molecule has 2 nitrogen and oxygen atoms in total. The van der Waals surface area contributed by atoms with E-state index in [0.29, 0.717) is 5.56 Å². The minimum atomic E-state index is -0.917. The van der Waals surface area contributed by atoms with Crippen LogP contribution in [0.3, 0.4) is 0 Å². The van der Waals surface area contributed by atoms with Crippen molar-refractivity contribution in [1.29, 1.82) is 0 Å². The van der Waals surface area contributed by atoms with Gasteiger partial charge in [-0.3, -0.25) is 0 Å². The van der Waals surface area contributed by atoms with Gasteiger partial charge in [0, 0.05) is 10.0 Å². The minimum Gasteiger partial charge on any atom is -0.478 e. The molecule has 0 saturated carbocycles. The average Bonchev–Trinajstić information content (AvgIpc) is 2.29. The molecule has 0 radical (unpaired) electrons. The van der Waals surface area contributed by atoms with Gasteiger partial charge in [-0.1, -0.05) is 52.3 Å². The van der Waals surface area contributed by atoms with Crippen LogP contribution in [0.2, 0.25) is 0 Å². The van der Waals surface area contributed by atoms with Crippen molar-refractivity contribution in [3.63, 3.8) is 0 Å². The molecule has 0 aliphatic carbocycles. The van der Waals surface area contributed by atoms with Crippen molar-refractivity contribution < 1.29 is 9.90 Å². The quantitative estimate of drug-likeness (QED) is 0.906. The van der Waals surface area contributed by atoms with Crippen LogP contribution in [0, 0.1) is 0 Å². The number of carboxylic acids is 1. The summed E-state index contributed by atoms with van der Waals surface area (Å²) in [6.07, 6.45) is 0. The van der Waals surface area contributed by atoms with Gasteiger partial charge in [-0.2, -0.15) is 0 Å². The summed E-state index contributed by atoms with van der Waals surface area (Å²) in [4.78, 5) is 11.1. The van der Waals surface area contributed by atoms with E-state index in [2.05, 4.69) is 15.9 Å². The fourth-order valence-corrected chi connectivity index (χ4v) is 2.20. The van der Waals surface area contributed by atoms with Gasteiger partial charge in [-0.15, -0.1) is 0 Å². The molecule has 0 atom stereocenters. The van der Waals surface area contributed by atoms with E-state index >= 15 is 0 Å². The number of rotatable bonds is 2. The highest BCUT2D eigenvalue weighted by Gasteiger charge is 2.13. The first-order valence-corrected chi connectivity index (χ1v) is 5.56. The van der Waals surface area contributed by atoms with Gasteiger partial charge in [0.15, 0.2) is 0 Å². The van der Waals surface area contributed by atoms with Crippen LogP contribution in [0.5, 0.6) is 0 Å². The van der Waals surface area contributed by atoms with E-state index in [4.69, 9.17) is 5.11 Å². The fourth-order valence-electron chi connectivity index (χ4n) is 1.60. The number of benzene rings is 2. The van der Waals surface area contributed by atoms with Crippen molar-refractivity contribution in [2.24, 2.45) is 0 Å². The molecular weight excluding hydrogens is 268 g/mol. The lowest BCUT2D eigenvalue weighted by molar-refractivity contribution is 0.0697. The van der Waals surface area contributed by atoms with Gasteiger partial charge in [-0.05, 0) is 17.7 Å². The lowest BCUT2D eigenvalue weighted by Gasteiger charge is -2.08. The molecule has 0 aliphatic heterocycles. The number of aromatic carboxylic acids is 1. The number of halogens is 1. The highest BCUT2D eigenvalue weighted by molar-refractivity contribution is 9.10. The summed E-state index contributed by atoms with van der Waals surface area (Å²) in [5, 5.41) is 9.13. The zero-order chi connectivity index (χ0) is 11.5. The highest BCUT2D eigenvalue weighted by atomic mass is 79.9. The molecule has 16 heavy (non-hydrogen) atoms. The van der Waals surface area contributed by atoms with Gasteiger partial charge in [0.1, 0.15) is 0 Å². The van der Waals surface area contributed by atoms with Crippen LogP contribution in [0.15, 0.2) is 53.0 Å². The first-order chi connectivity index (χ1) is 7.70. The van der Waals surface area contributed by atoms with Gasteiger partial charge in [0.25, 0.3) is 0 Å². The van der Waals surface area contributed by atoms with Crippen LogP contribution in [-0.2, 0) is 0 Å². The molecule has 2 aromatic carbocycles. The molecule has 0 saturated heterocycles. The number of carbonyl (C=O) groups is 1. The molecular formula is C13H9BrO2. The van der Waals surface area contributed by atoms with Crippen molar-refractivity contribution in [2.75, 3.05) is 0 Å².